The highest BCUT2D eigenvalue weighted by Gasteiger charge is 2.36. The Kier molecular flexibility index (Phi) is 10.5. The third-order valence-corrected chi connectivity index (χ3v) is 8.95. The lowest BCUT2D eigenvalue weighted by Gasteiger charge is -2.45. The molecule has 2 aromatic carbocycles. The van der Waals surface area contributed by atoms with Crippen LogP contribution in [0, 0.1) is 11.6 Å². The van der Waals surface area contributed by atoms with E-state index in [1.54, 1.807) is 4.90 Å². The van der Waals surface area contributed by atoms with Crippen molar-refractivity contribution in [3.63, 3.8) is 0 Å². The molecule has 3 aromatic rings. The van der Waals surface area contributed by atoms with E-state index in [2.05, 4.69) is 26.9 Å². The van der Waals surface area contributed by atoms with Crippen molar-refractivity contribution in [1.82, 2.24) is 20.2 Å². The maximum Gasteiger partial charge on any atom is 0.246 e. The third-order valence-electron chi connectivity index (χ3n) is 8.65. The first-order valence-corrected chi connectivity index (χ1v) is 15.9. The molecule has 2 aliphatic heterocycles. The normalized spacial score (nSPS) is 18.4. The number of phenolic OH excluding ortho intramolecular Hbond substituents is 1. The molecule has 3 heterocycles. The van der Waals surface area contributed by atoms with Gasteiger partial charge in [-0.15, -0.1) is 0 Å². The molecule has 0 radical (unpaired) electrons. The van der Waals surface area contributed by atoms with E-state index in [4.69, 9.17) is 22.1 Å². The second-order valence-electron chi connectivity index (χ2n) is 11.9. The Hall–Kier alpha value is -4.19. The lowest BCUT2D eigenvalue weighted by atomic mass is 10.00. The quantitative estimate of drug-likeness (QED) is 0.0782. The number of carbonyl (C=O) groups excluding carboxylic acids is 1. The molecule has 2 aliphatic rings. The van der Waals surface area contributed by atoms with Gasteiger partial charge in [-0.25, -0.2) is 13.8 Å². The number of unbranched alkanes of at least 4 members (excludes halogenated alkanes) is 3. The fourth-order valence-electron chi connectivity index (χ4n) is 6.15. The molecule has 1 amide bonds. The van der Waals surface area contributed by atoms with E-state index in [0.717, 1.165) is 38.3 Å². The summed E-state index contributed by atoms with van der Waals surface area (Å²) < 4.78 is 31.4. The summed E-state index contributed by atoms with van der Waals surface area (Å²) in [5.74, 6) is -1.48. The maximum atomic E-state index is 16.5. The Labute approximate surface area is 271 Å². The molecule has 2 saturated heterocycles. The standard InChI is InChI=1S/C32H38ClF2N9O2/c1-4-26(46)43-15-20(3)44(16-19(43)2)31-22-14-23(33)27(28-24(34)10-9-11-25(28)45)29(35)30(22)39-32(40-31)42-17-21(18-42)37-12-7-5-6-8-13-38-41-36/h4,9-11,14,19-21,37,45H,1,5-8,12-13,15-18H2,2-3H3/t19-,20+/m1/s1. The van der Waals surface area contributed by atoms with E-state index in [0.29, 0.717) is 49.9 Å². The predicted molar refractivity (Wildman–Crippen MR) is 176 cm³/mol. The number of halogens is 3. The molecule has 5 rings (SSSR count). The zero-order valence-electron chi connectivity index (χ0n) is 26.0. The summed E-state index contributed by atoms with van der Waals surface area (Å²) >= 11 is 6.62. The Morgan fingerprint density at radius 1 is 1.15 bits per heavy atom. The number of nitrogens with one attached hydrogen (secondary N) is 1. The van der Waals surface area contributed by atoms with Crippen LogP contribution in [-0.4, -0.2) is 83.3 Å². The molecule has 244 valence electrons. The van der Waals surface area contributed by atoms with Gasteiger partial charge in [-0.2, -0.15) is 4.98 Å². The average molecular weight is 654 g/mol. The fraction of sp³-hybridized carbons (Fsp3) is 0.469. The minimum Gasteiger partial charge on any atom is -0.507 e. The number of aromatic nitrogens is 2. The van der Waals surface area contributed by atoms with Crippen LogP contribution in [-0.2, 0) is 4.79 Å². The van der Waals surface area contributed by atoms with Crippen molar-refractivity contribution in [2.24, 2.45) is 5.11 Å². The molecule has 11 nitrogen and oxygen atoms in total. The highest BCUT2D eigenvalue weighted by molar-refractivity contribution is 6.34. The van der Waals surface area contributed by atoms with E-state index in [1.807, 2.05) is 23.6 Å². The largest absolute Gasteiger partial charge is 0.507 e. The second kappa shape index (κ2) is 14.5. The van der Waals surface area contributed by atoms with Crippen molar-refractivity contribution in [2.75, 3.05) is 49.1 Å². The number of benzene rings is 2. The van der Waals surface area contributed by atoms with Crippen molar-refractivity contribution >= 4 is 40.2 Å². The molecule has 2 atom stereocenters. The number of azide groups is 1. The number of amides is 1. The number of hydrogen-bond acceptors (Lipinski definition) is 8. The number of fused-ring (bicyclic) bond motifs is 1. The van der Waals surface area contributed by atoms with Gasteiger partial charge in [0.15, 0.2) is 5.82 Å². The van der Waals surface area contributed by atoms with Crippen LogP contribution in [0.1, 0.15) is 39.5 Å². The molecular weight excluding hydrogens is 616 g/mol. The van der Waals surface area contributed by atoms with Gasteiger partial charge in [0.2, 0.25) is 11.9 Å². The Morgan fingerprint density at radius 3 is 2.63 bits per heavy atom. The molecule has 14 heteroatoms. The van der Waals surface area contributed by atoms with Crippen molar-refractivity contribution < 1.29 is 18.7 Å². The minimum atomic E-state index is -0.857. The number of phenols is 1. The van der Waals surface area contributed by atoms with E-state index in [-0.39, 0.29) is 45.7 Å². The third kappa shape index (κ3) is 6.81. The fourth-order valence-corrected chi connectivity index (χ4v) is 6.43. The predicted octanol–water partition coefficient (Wildman–Crippen LogP) is 6.19. The molecular formula is C32H38ClF2N9O2. The molecule has 0 bridgehead atoms. The topological polar surface area (TPSA) is 134 Å². The van der Waals surface area contributed by atoms with Gasteiger partial charge in [0.05, 0.1) is 10.6 Å². The Bertz CT molecular complexity index is 1640. The number of rotatable bonds is 12. The first-order valence-electron chi connectivity index (χ1n) is 15.5. The molecule has 1 aromatic heterocycles. The molecule has 0 aliphatic carbocycles. The van der Waals surface area contributed by atoms with E-state index in [1.165, 1.54) is 24.3 Å². The van der Waals surface area contributed by atoms with Crippen LogP contribution in [0.3, 0.4) is 0 Å². The van der Waals surface area contributed by atoms with Gasteiger partial charge in [-0.3, -0.25) is 4.79 Å². The van der Waals surface area contributed by atoms with Crippen molar-refractivity contribution in [2.45, 2.75) is 57.7 Å². The lowest BCUT2D eigenvalue weighted by Crippen LogP contribution is -2.59. The molecule has 46 heavy (non-hydrogen) atoms. The van der Waals surface area contributed by atoms with Crippen LogP contribution < -0.4 is 15.1 Å². The summed E-state index contributed by atoms with van der Waals surface area (Å²) in [4.78, 5) is 30.6. The summed E-state index contributed by atoms with van der Waals surface area (Å²) in [6.07, 6.45) is 5.20. The number of carbonyl (C=O) groups is 1. The maximum absolute atomic E-state index is 16.5. The van der Waals surface area contributed by atoms with Gasteiger partial charge in [-0.05, 0) is 63.0 Å². The van der Waals surface area contributed by atoms with Crippen molar-refractivity contribution in [3.05, 3.63) is 64.0 Å². The minimum absolute atomic E-state index is 0.0383. The number of piperazine rings is 1. The van der Waals surface area contributed by atoms with Crippen molar-refractivity contribution in [3.8, 4) is 16.9 Å². The zero-order chi connectivity index (χ0) is 33.0. The first-order chi connectivity index (χ1) is 22.1. The van der Waals surface area contributed by atoms with Gasteiger partial charge in [0, 0.05) is 66.7 Å². The van der Waals surface area contributed by atoms with Gasteiger partial charge >= 0.3 is 0 Å². The molecule has 2 N–H and O–H groups in total. The van der Waals surface area contributed by atoms with Gasteiger partial charge in [0.25, 0.3) is 0 Å². The monoisotopic (exact) mass is 653 g/mol. The van der Waals surface area contributed by atoms with E-state index in [9.17, 15) is 14.3 Å². The summed E-state index contributed by atoms with van der Waals surface area (Å²) in [6.45, 7) is 10.9. The SMILES string of the molecule is C=CC(=O)N1C[C@H](C)N(c2nc(N3CC(NCCCCCCN=[N+]=[N-])C3)nc3c(F)c(-c4c(O)cccc4F)c(Cl)cc23)C[C@H]1C. The summed E-state index contributed by atoms with van der Waals surface area (Å²) in [7, 11) is 0. The van der Waals surface area contributed by atoms with Crippen LogP contribution in [0.15, 0.2) is 42.0 Å². The molecule has 0 spiro atoms. The highest BCUT2D eigenvalue weighted by atomic mass is 35.5. The molecule has 0 unspecified atom stereocenters. The van der Waals surface area contributed by atoms with Gasteiger partial charge in [-0.1, -0.05) is 42.2 Å². The van der Waals surface area contributed by atoms with Crippen LogP contribution >= 0.6 is 11.6 Å². The number of hydrogen-bond donors (Lipinski definition) is 2. The van der Waals surface area contributed by atoms with Crippen LogP contribution in [0.25, 0.3) is 32.5 Å². The number of aromatic hydroxyl groups is 1. The average Bonchev–Trinajstić information content (AvgIpc) is 3.01. The molecule has 2 fully saturated rings. The summed E-state index contributed by atoms with van der Waals surface area (Å²) in [5, 5.41) is 17.8. The van der Waals surface area contributed by atoms with E-state index >= 15 is 4.39 Å². The summed E-state index contributed by atoms with van der Waals surface area (Å²) in [6, 6.07) is 5.11. The smallest absolute Gasteiger partial charge is 0.246 e. The van der Waals surface area contributed by atoms with Crippen LogP contribution in [0.2, 0.25) is 5.02 Å². The lowest BCUT2D eigenvalue weighted by molar-refractivity contribution is -0.128. The van der Waals surface area contributed by atoms with Gasteiger partial charge < -0.3 is 25.1 Å². The van der Waals surface area contributed by atoms with Crippen LogP contribution in [0.4, 0.5) is 20.5 Å². The number of anilines is 2. The zero-order valence-corrected chi connectivity index (χ0v) is 26.7. The van der Waals surface area contributed by atoms with Crippen molar-refractivity contribution in [1.29, 1.82) is 0 Å². The Balaban J connectivity index is 1.45. The second-order valence-corrected chi connectivity index (χ2v) is 12.3. The number of nitrogens with zero attached hydrogens (tertiary/aromatic N) is 8. The summed E-state index contributed by atoms with van der Waals surface area (Å²) in [5.41, 5.74) is 7.73. The van der Waals surface area contributed by atoms with Gasteiger partial charge in [0.1, 0.15) is 22.9 Å². The van der Waals surface area contributed by atoms with E-state index < -0.39 is 17.4 Å². The van der Waals surface area contributed by atoms with Crippen LogP contribution in [0.5, 0.6) is 5.75 Å². The molecule has 0 saturated carbocycles. The first kappa shape index (κ1) is 33.2. The highest BCUT2D eigenvalue weighted by Crippen LogP contribution is 2.43. The Morgan fingerprint density at radius 2 is 1.91 bits per heavy atom.